The molecule has 0 aliphatic heterocycles. The molecule has 2 N–H and O–H groups in total. The van der Waals surface area contributed by atoms with Crippen LogP contribution in [0.25, 0.3) is 0 Å². The monoisotopic (exact) mass is 393 g/mol. The fraction of sp³-hybridized carbons (Fsp3) is 0.136. The van der Waals surface area contributed by atoms with Crippen molar-refractivity contribution in [3.63, 3.8) is 0 Å². The standard InChI is InChI=1S/C22H20ClN3O2/c1-15-3-2-4-19(13-15)26-22(28)20-14-17(10-12-24-20)21(27)25-11-9-16-5-7-18(23)8-6-16/h2-8,10,12-14H,9,11H2,1H3,(H,25,27)(H,26,28). The Morgan fingerprint density at radius 2 is 1.79 bits per heavy atom. The first-order valence-corrected chi connectivity index (χ1v) is 9.26. The first kappa shape index (κ1) is 19.6. The van der Waals surface area contributed by atoms with Gasteiger partial charge in [-0.15, -0.1) is 0 Å². The zero-order chi connectivity index (χ0) is 19.9. The number of amides is 2. The number of nitrogens with zero attached hydrogens (tertiary/aromatic N) is 1. The van der Waals surface area contributed by atoms with Crippen molar-refractivity contribution in [1.82, 2.24) is 10.3 Å². The molecule has 142 valence electrons. The summed E-state index contributed by atoms with van der Waals surface area (Å²) in [4.78, 5) is 28.9. The molecule has 1 heterocycles. The number of nitrogens with one attached hydrogen (secondary N) is 2. The molecule has 0 aliphatic rings. The summed E-state index contributed by atoms with van der Waals surface area (Å²) in [6.07, 6.45) is 2.15. The molecule has 0 fully saturated rings. The SMILES string of the molecule is Cc1cccc(NC(=O)c2cc(C(=O)NCCc3ccc(Cl)cc3)ccn2)c1. The van der Waals surface area contributed by atoms with E-state index in [-0.39, 0.29) is 17.5 Å². The zero-order valence-electron chi connectivity index (χ0n) is 15.4. The van der Waals surface area contributed by atoms with Gasteiger partial charge in [0.2, 0.25) is 0 Å². The molecule has 6 heteroatoms. The number of hydrogen-bond acceptors (Lipinski definition) is 3. The highest BCUT2D eigenvalue weighted by atomic mass is 35.5. The average molecular weight is 394 g/mol. The lowest BCUT2D eigenvalue weighted by Gasteiger charge is -2.08. The maximum absolute atomic E-state index is 12.4. The maximum atomic E-state index is 12.4. The van der Waals surface area contributed by atoms with Gasteiger partial charge < -0.3 is 10.6 Å². The normalized spacial score (nSPS) is 10.4. The van der Waals surface area contributed by atoms with Crippen LogP contribution in [0.2, 0.25) is 5.02 Å². The number of rotatable bonds is 6. The van der Waals surface area contributed by atoms with E-state index < -0.39 is 0 Å². The van der Waals surface area contributed by atoms with E-state index in [1.165, 1.54) is 12.3 Å². The van der Waals surface area contributed by atoms with Crippen LogP contribution in [0.15, 0.2) is 66.9 Å². The molecule has 0 bridgehead atoms. The summed E-state index contributed by atoms with van der Waals surface area (Å²) < 4.78 is 0. The average Bonchev–Trinajstić information content (AvgIpc) is 2.69. The van der Waals surface area contributed by atoms with Crippen LogP contribution in [0.1, 0.15) is 32.0 Å². The molecule has 0 aliphatic carbocycles. The minimum Gasteiger partial charge on any atom is -0.352 e. The van der Waals surface area contributed by atoms with Gasteiger partial charge >= 0.3 is 0 Å². The van der Waals surface area contributed by atoms with Crippen LogP contribution in [0.4, 0.5) is 5.69 Å². The lowest BCUT2D eigenvalue weighted by molar-refractivity contribution is 0.0954. The summed E-state index contributed by atoms with van der Waals surface area (Å²) in [5.74, 6) is -0.609. The Labute approximate surface area is 168 Å². The Morgan fingerprint density at radius 1 is 1.00 bits per heavy atom. The van der Waals surface area contributed by atoms with Crippen LogP contribution in [-0.2, 0) is 6.42 Å². The van der Waals surface area contributed by atoms with Gasteiger partial charge in [0.25, 0.3) is 11.8 Å². The Balaban J connectivity index is 1.59. The number of carbonyl (C=O) groups is 2. The molecule has 0 unspecified atom stereocenters. The number of aromatic nitrogens is 1. The third kappa shape index (κ3) is 5.41. The highest BCUT2D eigenvalue weighted by molar-refractivity contribution is 6.30. The number of halogens is 1. The van der Waals surface area contributed by atoms with Crippen LogP contribution in [0, 0.1) is 6.92 Å². The van der Waals surface area contributed by atoms with E-state index in [1.807, 2.05) is 49.4 Å². The van der Waals surface area contributed by atoms with Gasteiger partial charge in [0.15, 0.2) is 0 Å². The summed E-state index contributed by atoms with van der Waals surface area (Å²) in [6.45, 7) is 2.43. The topological polar surface area (TPSA) is 71.1 Å². The lowest BCUT2D eigenvalue weighted by Crippen LogP contribution is -2.26. The van der Waals surface area contributed by atoms with Gasteiger partial charge in [-0.25, -0.2) is 0 Å². The van der Waals surface area contributed by atoms with Crippen molar-refractivity contribution in [2.45, 2.75) is 13.3 Å². The molecular weight excluding hydrogens is 374 g/mol. The second-order valence-corrected chi connectivity index (χ2v) is 6.82. The molecule has 2 aromatic carbocycles. The highest BCUT2D eigenvalue weighted by Crippen LogP contribution is 2.12. The molecule has 5 nitrogen and oxygen atoms in total. The Hall–Kier alpha value is -3.18. The molecule has 0 atom stereocenters. The smallest absolute Gasteiger partial charge is 0.274 e. The summed E-state index contributed by atoms with van der Waals surface area (Å²) in [6, 6.07) is 18.0. The third-order valence-corrected chi connectivity index (χ3v) is 4.40. The molecule has 0 radical (unpaired) electrons. The van der Waals surface area contributed by atoms with Crippen LogP contribution in [0.3, 0.4) is 0 Å². The van der Waals surface area contributed by atoms with Crippen molar-refractivity contribution in [3.8, 4) is 0 Å². The van der Waals surface area contributed by atoms with Crippen molar-refractivity contribution in [3.05, 3.63) is 94.3 Å². The van der Waals surface area contributed by atoms with Crippen molar-refractivity contribution in [1.29, 1.82) is 0 Å². The molecule has 0 saturated carbocycles. The van der Waals surface area contributed by atoms with Crippen molar-refractivity contribution in [2.24, 2.45) is 0 Å². The zero-order valence-corrected chi connectivity index (χ0v) is 16.2. The highest BCUT2D eigenvalue weighted by Gasteiger charge is 2.12. The molecule has 2 amide bonds. The van der Waals surface area contributed by atoms with E-state index in [1.54, 1.807) is 12.1 Å². The first-order valence-electron chi connectivity index (χ1n) is 8.88. The summed E-state index contributed by atoms with van der Waals surface area (Å²) in [5.41, 5.74) is 3.38. The van der Waals surface area contributed by atoms with Gasteiger partial charge in [-0.2, -0.15) is 0 Å². The van der Waals surface area contributed by atoms with Crippen molar-refractivity contribution >= 4 is 29.1 Å². The Kier molecular flexibility index (Phi) is 6.40. The van der Waals surface area contributed by atoms with Crippen molar-refractivity contribution < 1.29 is 9.59 Å². The van der Waals surface area contributed by atoms with E-state index in [4.69, 9.17) is 11.6 Å². The second kappa shape index (κ2) is 9.15. The van der Waals surface area contributed by atoms with Gasteiger partial charge in [-0.3, -0.25) is 14.6 Å². The number of aryl methyl sites for hydroxylation is 1. The molecule has 28 heavy (non-hydrogen) atoms. The molecular formula is C22H20ClN3O2. The number of anilines is 1. The van der Waals surface area contributed by atoms with Crippen LogP contribution < -0.4 is 10.6 Å². The number of pyridine rings is 1. The van der Waals surface area contributed by atoms with Gasteiger partial charge in [-0.05, 0) is 60.9 Å². The fourth-order valence-corrected chi connectivity index (χ4v) is 2.81. The van der Waals surface area contributed by atoms with Gasteiger partial charge in [0.1, 0.15) is 5.69 Å². The molecule has 3 aromatic rings. The third-order valence-electron chi connectivity index (χ3n) is 4.14. The molecule has 0 spiro atoms. The predicted octanol–water partition coefficient (Wildman–Crippen LogP) is 4.27. The minimum atomic E-state index is -0.360. The quantitative estimate of drug-likeness (QED) is 0.657. The largest absolute Gasteiger partial charge is 0.352 e. The molecule has 0 saturated heterocycles. The maximum Gasteiger partial charge on any atom is 0.274 e. The minimum absolute atomic E-state index is 0.187. The lowest BCUT2D eigenvalue weighted by atomic mass is 10.1. The fourth-order valence-electron chi connectivity index (χ4n) is 2.69. The number of hydrogen-bond donors (Lipinski definition) is 2. The Bertz CT molecular complexity index is 987. The van der Waals surface area contributed by atoms with Gasteiger partial charge in [-0.1, -0.05) is 35.9 Å². The summed E-state index contributed by atoms with van der Waals surface area (Å²) in [5, 5.41) is 6.33. The number of carbonyl (C=O) groups excluding carboxylic acids is 2. The molecule has 3 rings (SSSR count). The van der Waals surface area contributed by atoms with E-state index in [0.29, 0.717) is 29.2 Å². The summed E-state index contributed by atoms with van der Waals surface area (Å²) >= 11 is 5.87. The second-order valence-electron chi connectivity index (χ2n) is 6.39. The van der Waals surface area contributed by atoms with Crippen LogP contribution >= 0.6 is 11.6 Å². The summed E-state index contributed by atoms with van der Waals surface area (Å²) in [7, 11) is 0. The Morgan fingerprint density at radius 3 is 2.54 bits per heavy atom. The van der Waals surface area contributed by atoms with Gasteiger partial charge in [0, 0.05) is 29.0 Å². The van der Waals surface area contributed by atoms with E-state index >= 15 is 0 Å². The van der Waals surface area contributed by atoms with E-state index in [9.17, 15) is 9.59 Å². The first-order chi connectivity index (χ1) is 13.5. The molecule has 1 aromatic heterocycles. The van der Waals surface area contributed by atoms with Crippen LogP contribution in [0.5, 0.6) is 0 Å². The van der Waals surface area contributed by atoms with E-state index in [0.717, 1.165) is 11.1 Å². The van der Waals surface area contributed by atoms with E-state index in [2.05, 4.69) is 15.6 Å². The van der Waals surface area contributed by atoms with Crippen molar-refractivity contribution in [2.75, 3.05) is 11.9 Å². The predicted molar refractivity (Wildman–Crippen MR) is 111 cm³/mol. The van der Waals surface area contributed by atoms with Crippen LogP contribution in [-0.4, -0.2) is 23.3 Å². The number of benzene rings is 2. The van der Waals surface area contributed by atoms with Gasteiger partial charge in [0.05, 0.1) is 0 Å².